The van der Waals surface area contributed by atoms with Gasteiger partial charge in [-0.1, -0.05) is 23.7 Å². The molecule has 0 aromatic heterocycles. The molecule has 21 heavy (non-hydrogen) atoms. The van der Waals surface area contributed by atoms with Gasteiger partial charge < -0.3 is 9.47 Å². The number of carbonyl (C=O) groups is 2. The summed E-state index contributed by atoms with van der Waals surface area (Å²) in [7, 11) is 1.44. The lowest BCUT2D eigenvalue weighted by atomic mass is 10.2. The Morgan fingerprint density at radius 3 is 2.62 bits per heavy atom. The first-order valence-electron chi connectivity index (χ1n) is 5.86. The summed E-state index contributed by atoms with van der Waals surface area (Å²) in [5, 5.41) is 0.306. The highest BCUT2D eigenvalue weighted by atomic mass is 127. The Labute approximate surface area is 140 Å². The molecule has 0 heterocycles. The first kappa shape index (κ1) is 15.8. The van der Waals surface area contributed by atoms with Gasteiger partial charge in [-0.05, 0) is 46.9 Å². The molecule has 0 aliphatic heterocycles. The van der Waals surface area contributed by atoms with Gasteiger partial charge in [0.05, 0.1) is 21.3 Å². The van der Waals surface area contributed by atoms with Gasteiger partial charge in [-0.3, -0.25) is 4.79 Å². The van der Waals surface area contributed by atoms with Crippen molar-refractivity contribution >= 4 is 46.4 Å². The Bertz CT molecular complexity index is 700. The van der Waals surface area contributed by atoms with Crippen molar-refractivity contribution in [2.75, 3.05) is 7.11 Å². The van der Waals surface area contributed by atoms with Crippen LogP contribution in [0.1, 0.15) is 20.7 Å². The molecule has 0 bridgehead atoms. The van der Waals surface area contributed by atoms with Crippen LogP contribution in [0.4, 0.5) is 0 Å². The Balaban J connectivity index is 2.38. The molecule has 0 aliphatic rings. The van der Waals surface area contributed by atoms with Crippen LogP contribution in [0.5, 0.6) is 11.5 Å². The summed E-state index contributed by atoms with van der Waals surface area (Å²) in [6.45, 7) is 0. The normalized spacial score (nSPS) is 10.0. The maximum atomic E-state index is 12.2. The molecule has 0 fully saturated rings. The van der Waals surface area contributed by atoms with E-state index >= 15 is 0 Å². The molecule has 6 heteroatoms. The molecule has 4 nitrogen and oxygen atoms in total. The van der Waals surface area contributed by atoms with E-state index in [0.717, 1.165) is 0 Å². The number of benzene rings is 2. The average Bonchev–Trinajstić information content (AvgIpc) is 2.49. The van der Waals surface area contributed by atoms with E-state index in [1.165, 1.54) is 13.2 Å². The van der Waals surface area contributed by atoms with Crippen LogP contribution in [0, 0.1) is 3.57 Å². The van der Waals surface area contributed by atoms with Crippen molar-refractivity contribution in [2.45, 2.75) is 0 Å². The minimum atomic E-state index is -0.587. The zero-order valence-corrected chi connectivity index (χ0v) is 13.8. The van der Waals surface area contributed by atoms with Crippen LogP contribution in [0.15, 0.2) is 36.4 Å². The molecule has 0 spiro atoms. The Morgan fingerprint density at radius 1 is 1.29 bits per heavy atom. The number of esters is 1. The first-order chi connectivity index (χ1) is 10.1. The van der Waals surface area contributed by atoms with Crippen molar-refractivity contribution in [1.82, 2.24) is 0 Å². The van der Waals surface area contributed by atoms with Crippen molar-refractivity contribution in [1.29, 1.82) is 0 Å². The quantitative estimate of drug-likeness (QED) is 0.327. The van der Waals surface area contributed by atoms with E-state index in [1.807, 2.05) is 22.6 Å². The molecule has 0 unspecified atom stereocenters. The number of hydrogen-bond acceptors (Lipinski definition) is 4. The SMILES string of the molecule is COc1cc(C=O)cc(I)c1OC(=O)c1ccccc1Cl. The standard InChI is InChI=1S/C15H10ClIO4/c1-20-13-7-9(8-18)6-12(17)14(13)21-15(19)10-4-2-3-5-11(10)16/h2-8H,1H3. The lowest BCUT2D eigenvalue weighted by molar-refractivity contribution is 0.0728. The summed E-state index contributed by atoms with van der Waals surface area (Å²) in [5.74, 6) is -0.0197. The fourth-order valence-corrected chi connectivity index (χ4v) is 2.63. The van der Waals surface area contributed by atoms with Gasteiger partial charge in [0.1, 0.15) is 6.29 Å². The lowest BCUT2D eigenvalue weighted by Gasteiger charge is -2.12. The van der Waals surface area contributed by atoms with E-state index in [1.54, 1.807) is 30.3 Å². The smallest absolute Gasteiger partial charge is 0.345 e. The molecule has 2 aromatic carbocycles. The van der Waals surface area contributed by atoms with Gasteiger partial charge in [0.25, 0.3) is 0 Å². The monoisotopic (exact) mass is 416 g/mol. The van der Waals surface area contributed by atoms with Crippen LogP contribution in [0.3, 0.4) is 0 Å². The third-order valence-electron chi connectivity index (χ3n) is 2.68. The highest BCUT2D eigenvalue weighted by Crippen LogP contribution is 2.34. The van der Waals surface area contributed by atoms with Crippen molar-refractivity contribution in [3.63, 3.8) is 0 Å². The molecule has 0 radical (unpaired) electrons. The van der Waals surface area contributed by atoms with Crippen molar-refractivity contribution in [3.8, 4) is 11.5 Å². The molecule has 0 saturated heterocycles. The van der Waals surface area contributed by atoms with E-state index in [9.17, 15) is 9.59 Å². The Kier molecular flexibility index (Phi) is 5.19. The number of rotatable bonds is 4. The molecule has 0 amide bonds. The predicted molar refractivity (Wildman–Crippen MR) is 87.5 cm³/mol. The fraction of sp³-hybridized carbons (Fsp3) is 0.0667. The summed E-state index contributed by atoms with van der Waals surface area (Å²) in [5.41, 5.74) is 0.699. The zero-order chi connectivity index (χ0) is 15.4. The van der Waals surface area contributed by atoms with E-state index in [2.05, 4.69) is 0 Å². The molecule has 0 atom stereocenters. The Hall–Kier alpha value is -1.60. The number of aldehydes is 1. The van der Waals surface area contributed by atoms with E-state index in [0.29, 0.717) is 26.2 Å². The molecule has 0 aliphatic carbocycles. The van der Waals surface area contributed by atoms with Crippen LogP contribution in [0.2, 0.25) is 5.02 Å². The van der Waals surface area contributed by atoms with Crippen LogP contribution >= 0.6 is 34.2 Å². The van der Waals surface area contributed by atoms with E-state index < -0.39 is 5.97 Å². The third kappa shape index (κ3) is 3.54. The zero-order valence-electron chi connectivity index (χ0n) is 10.9. The van der Waals surface area contributed by atoms with Crippen molar-refractivity contribution in [3.05, 3.63) is 56.1 Å². The van der Waals surface area contributed by atoms with Gasteiger partial charge in [-0.15, -0.1) is 0 Å². The molecule has 2 rings (SSSR count). The third-order valence-corrected chi connectivity index (χ3v) is 3.81. The van der Waals surface area contributed by atoms with Gasteiger partial charge in [0.15, 0.2) is 11.5 Å². The van der Waals surface area contributed by atoms with Crippen molar-refractivity contribution in [2.24, 2.45) is 0 Å². The van der Waals surface area contributed by atoms with Gasteiger partial charge in [-0.25, -0.2) is 4.79 Å². The van der Waals surface area contributed by atoms with Gasteiger partial charge in [-0.2, -0.15) is 0 Å². The second kappa shape index (κ2) is 6.91. The molecule has 0 saturated carbocycles. The number of carbonyl (C=O) groups excluding carboxylic acids is 2. The summed E-state index contributed by atoms with van der Waals surface area (Å²) >= 11 is 7.94. The summed E-state index contributed by atoms with van der Waals surface area (Å²) in [6, 6.07) is 9.71. The van der Waals surface area contributed by atoms with Crippen LogP contribution < -0.4 is 9.47 Å². The largest absolute Gasteiger partial charge is 0.493 e. The molecule has 108 valence electrons. The number of halogens is 2. The fourth-order valence-electron chi connectivity index (χ4n) is 1.68. The van der Waals surface area contributed by atoms with Crippen LogP contribution in [-0.4, -0.2) is 19.4 Å². The number of ether oxygens (including phenoxy) is 2. The second-order valence-corrected chi connectivity index (χ2v) is 5.59. The average molecular weight is 417 g/mol. The predicted octanol–water partition coefficient (Wildman–Crippen LogP) is 3.98. The lowest BCUT2D eigenvalue weighted by Crippen LogP contribution is -2.11. The molecular weight excluding hydrogens is 407 g/mol. The topological polar surface area (TPSA) is 52.6 Å². The highest BCUT2D eigenvalue weighted by Gasteiger charge is 2.18. The maximum Gasteiger partial charge on any atom is 0.345 e. The maximum absolute atomic E-state index is 12.2. The molecular formula is C15H10ClIO4. The first-order valence-corrected chi connectivity index (χ1v) is 7.32. The number of hydrogen-bond donors (Lipinski definition) is 0. The van der Waals surface area contributed by atoms with Crippen LogP contribution in [-0.2, 0) is 0 Å². The van der Waals surface area contributed by atoms with Gasteiger partial charge in [0.2, 0.25) is 0 Å². The Morgan fingerprint density at radius 2 is 2.00 bits per heavy atom. The second-order valence-electron chi connectivity index (χ2n) is 4.02. The summed E-state index contributed by atoms with van der Waals surface area (Å²) in [6.07, 6.45) is 0.699. The van der Waals surface area contributed by atoms with E-state index in [4.69, 9.17) is 21.1 Å². The van der Waals surface area contributed by atoms with Crippen LogP contribution in [0.25, 0.3) is 0 Å². The molecule has 0 N–H and O–H groups in total. The summed E-state index contributed by atoms with van der Waals surface area (Å²) in [4.78, 5) is 23.0. The minimum Gasteiger partial charge on any atom is -0.493 e. The highest BCUT2D eigenvalue weighted by molar-refractivity contribution is 14.1. The minimum absolute atomic E-state index is 0.258. The molecule has 2 aromatic rings. The van der Waals surface area contributed by atoms with Crippen molar-refractivity contribution < 1.29 is 19.1 Å². The van der Waals surface area contributed by atoms with Gasteiger partial charge in [0, 0.05) is 5.56 Å². The number of methoxy groups -OCH3 is 1. The summed E-state index contributed by atoms with van der Waals surface area (Å²) < 4.78 is 11.1. The van der Waals surface area contributed by atoms with E-state index in [-0.39, 0.29) is 11.3 Å². The van der Waals surface area contributed by atoms with Gasteiger partial charge >= 0.3 is 5.97 Å².